The van der Waals surface area contributed by atoms with Gasteiger partial charge in [0, 0.05) is 13.6 Å². The van der Waals surface area contributed by atoms with Gasteiger partial charge in [0.15, 0.2) is 0 Å². The molecule has 3 rings (SSSR count). The van der Waals surface area contributed by atoms with E-state index in [9.17, 15) is 0 Å². The molecule has 0 aliphatic rings. The summed E-state index contributed by atoms with van der Waals surface area (Å²) in [6.45, 7) is 0.890. The summed E-state index contributed by atoms with van der Waals surface area (Å²) in [6, 6.07) is 18.7. The van der Waals surface area contributed by atoms with Crippen molar-refractivity contribution in [1.29, 1.82) is 0 Å². The number of anilines is 1. The maximum absolute atomic E-state index is 4.60. The van der Waals surface area contributed by atoms with Crippen LogP contribution < -0.4 is 5.32 Å². The van der Waals surface area contributed by atoms with E-state index in [0.29, 0.717) is 0 Å². The number of hydrogen-bond donors (Lipinski definition) is 1. The van der Waals surface area contributed by atoms with E-state index < -0.39 is 0 Å². The van der Waals surface area contributed by atoms with E-state index in [2.05, 4.69) is 45.2 Å². The average molecular weight is 251 g/mol. The van der Waals surface area contributed by atoms with E-state index in [1.807, 2.05) is 31.3 Å². The Hall–Kier alpha value is -2.29. The van der Waals surface area contributed by atoms with Gasteiger partial charge in [-0.15, -0.1) is 0 Å². The topological polar surface area (TPSA) is 29.9 Å². The summed E-state index contributed by atoms with van der Waals surface area (Å²) in [5.41, 5.74) is 3.53. The van der Waals surface area contributed by atoms with Crippen molar-refractivity contribution in [2.75, 3.05) is 11.9 Å². The van der Waals surface area contributed by atoms with Crippen molar-refractivity contribution >= 4 is 17.0 Å². The first-order valence-electron chi connectivity index (χ1n) is 6.54. The third-order valence-corrected chi connectivity index (χ3v) is 3.33. The van der Waals surface area contributed by atoms with Crippen molar-refractivity contribution in [3.8, 4) is 0 Å². The van der Waals surface area contributed by atoms with Crippen molar-refractivity contribution in [3.63, 3.8) is 0 Å². The quantitative estimate of drug-likeness (QED) is 0.771. The van der Waals surface area contributed by atoms with Crippen LogP contribution in [0.15, 0.2) is 54.6 Å². The Morgan fingerprint density at radius 2 is 1.74 bits per heavy atom. The van der Waals surface area contributed by atoms with Crippen LogP contribution in [0.1, 0.15) is 5.56 Å². The highest BCUT2D eigenvalue weighted by Gasteiger charge is 2.05. The highest BCUT2D eigenvalue weighted by atomic mass is 15.2. The number of fused-ring (bicyclic) bond motifs is 1. The SMILES string of the molecule is Cn1c(NCCc2ccccc2)nc2ccccc21. The van der Waals surface area contributed by atoms with E-state index in [4.69, 9.17) is 0 Å². The molecular formula is C16H17N3. The summed E-state index contributed by atoms with van der Waals surface area (Å²) in [7, 11) is 2.04. The monoisotopic (exact) mass is 251 g/mol. The van der Waals surface area contributed by atoms with Gasteiger partial charge in [-0.25, -0.2) is 4.98 Å². The van der Waals surface area contributed by atoms with Crippen LogP contribution in [0.4, 0.5) is 5.95 Å². The third-order valence-electron chi connectivity index (χ3n) is 3.33. The molecule has 0 amide bonds. The van der Waals surface area contributed by atoms with Crippen LogP contribution in [0, 0.1) is 0 Å². The molecule has 0 saturated heterocycles. The van der Waals surface area contributed by atoms with Gasteiger partial charge in [-0.3, -0.25) is 0 Å². The number of para-hydroxylation sites is 2. The number of benzene rings is 2. The molecule has 0 bridgehead atoms. The van der Waals surface area contributed by atoms with Crippen LogP contribution >= 0.6 is 0 Å². The van der Waals surface area contributed by atoms with Gasteiger partial charge < -0.3 is 9.88 Å². The first-order valence-corrected chi connectivity index (χ1v) is 6.54. The molecule has 3 heteroatoms. The van der Waals surface area contributed by atoms with Crippen molar-refractivity contribution in [2.24, 2.45) is 7.05 Å². The second kappa shape index (κ2) is 5.14. The van der Waals surface area contributed by atoms with E-state index >= 15 is 0 Å². The number of hydrogen-bond acceptors (Lipinski definition) is 2. The smallest absolute Gasteiger partial charge is 0.203 e. The molecule has 19 heavy (non-hydrogen) atoms. The summed E-state index contributed by atoms with van der Waals surface area (Å²) in [5.74, 6) is 0.928. The van der Waals surface area contributed by atoms with Crippen LogP contribution in [0.2, 0.25) is 0 Å². The summed E-state index contributed by atoms with van der Waals surface area (Å²) in [5, 5.41) is 3.40. The largest absolute Gasteiger partial charge is 0.355 e. The maximum atomic E-state index is 4.60. The zero-order valence-electron chi connectivity index (χ0n) is 11.0. The van der Waals surface area contributed by atoms with Gasteiger partial charge in [0.1, 0.15) is 0 Å². The minimum atomic E-state index is 0.890. The van der Waals surface area contributed by atoms with Gasteiger partial charge in [-0.1, -0.05) is 42.5 Å². The number of nitrogens with zero attached hydrogens (tertiary/aromatic N) is 2. The van der Waals surface area contributed by atoms with Crippen molar-refractivity contribution in [1.82, 2.24) is 9.55 Å². The predicted molar refractivity (Wildman–Crippen MR) is 79.3 cm³/mol. The molecule has 0 unspecified atom stereocenters. The fraction of sp³-hybridized carbons (Fsp3) is 0.188. The number of imidazole rings is 1. The molecule has 2 aromatic carbocycles. The predicted octanol–water partition coefficient (Wildman–Crippen LogP) is 3.23. The van der Waals surface area contributed by atoms with E-state index in [1.165, 1.54) is 5.56 Å². The molecule has 0 radical (unpaired) electrons. The Morgan fingerprint density at radius 1 is 1.00 bits per heavy atom. The average Bonchev–Trinajstić information content (AvgIpc) is 2.78. The van der Waals surface area contributed by atoms with Gasteiger partial charge in [0.05, 0.1) is 11.0 Å². The number of nitrogens with one attached hydrogen (secondary N) is 1. The minimum Gasteiger partial charge on any atom is -0.355 e. The van der Waals surface area contributed by atoms with Gasteiger partial charge in [-0.2, -0.15) is 0 Å². The Kier molecular flexibility index (Phi) is 3.19. The van der Waals surface area contributed by atoms with E-state index in [-0.39, 0.29) is 0 Å². The van der Waals surface area contributed by atoms with Crippen LogP contribution in [-0.2, 0) is 13.5 Å². The van der Waals surface area contributed by atoms with Gasteiger partial charge in [0.2, 0.25) is 5.95 Å². The summed E-state index contributed by atoms with van der Waals surface area (Å²) in [6.07, 6.45) is 1.00. The first-order chi connectivity index (χ1) is 9.34. The van der Waals surface area contributed by atoms with Gasteiger partial charge in [-0.05, 0) is 24.1 Å². The molecule has 1 heterocycles. The molecule has 96 valence electrons. The fourth-order valence-electron chi connectivity index (χ4n) is 2.27. The second-order valence-electron chi connectivity index (χ2n) is 4.65. The Morgan fingerprint density at radius 3 is 2.53 bits per heavy atom. The van der Waals surface area contributed by atoms with Crippen LogP contribution in [0.5, 0.6) is 0 Å². The van der Waals surface area contributed by atoms with Crippen LogP contribution in [0.3, 0.4) is 0 Å². The lowest BCUT2D eigenvalue weighted by atomic mass is 10.1. The highest BCUT2D eigenvalue weighted by Crippen LogP contribution is 2.17. The van der Waals surface area contributed by atoms with Crippen LogP contribution in [0.25, 0.3) is 11.0 Å². The Balaban J connectivity index is 1.70. The van der Waals surface area contributed by atoms with Gasteiger partial charge in [0.25, 0.3) is 0 Å². The second-order valence-corrected chi connectivity index (χ2v) is 4.65. The molecule has 3 nitrogen and oxygen atoms in total. The molecule has 0 spiro atoms. The van der Waals surface area contributed by atoms with Crippen molar-refractivity contribution in [2.45, 2.75) is 6.42 Å². The number of aryl methyl sites for hydroxylation is 1. The summed E-state index contributed by atoms with van der Waals surface area (Å²) < 4.78 is 2.10. The number of rotatable bonds is 4. The lowest BCUT2D eigenvalue weighted by Crippen LogP contribution is -2.08. The molecule has 0 saturated carbocycles. The molecule has 3 aromatic rings. The zero-order valence-corrected chi connectivity index (χ0v) is 11.0. The fourth-order valence-corrected chi connectivity index (χ4v) is 2.27. The van der Waals surface area contributed by atoms with Crippen LogP contribution in [-0.4, -0.2) is 16.1 Å². The van der Waals surface area contributed by atoms with Crippen molar-refractivity contribution in [3.05, 3.63) is 60.2 Å². The third kappa shape index (κ3) is 2.45. The highest BCUT2D eigenvalue weighted by molar-refractivity contribution is 5.78. The standard InChI is InChI=1S/C16H17N3/c1-19-15-10-6-5-9-14(15)18-16(19)17-12-11-13-7-3-2-4-8-13/h2-10H,11-12H2,1H3,(H,17,18). The Labute approximate surface area is 112 Å². The molecular weight excluding hydrogens is 234 g/mol. The van der Waals surface area contributed by atoms with E-state index in [0.717, 1.165) is 29.9 Å². The molecule has 1 aromatic heterocycles. The molecule has 0 aliphatic heterocycles. The first kappa shape index (κ1) is 11.8. The van der Waals surface area contributed by atoms with Crippen molar-refractivity contribution < 1.29 is 0 Å². The van der Waals surface area contributed by atoms with E-state index in [1.54, 1.807) is 0 Å². The number of aromatic nitrogens is 2. The molecule has 0 fully saturated rings. The van der Waals surface area contributed by atoms with Gasteiger partial charge >= 0.3 is 0 Å². The lowest BCUT2D eigenvalue weighted by Gasteiger charge is -2.06. The Bertz CT molecular complexity index is 671. The molecule has 1 N–H and O–H groups in total. The maximum Gasteiger partial charge on any atom is 0.203 e. The zero-order chi connectivity index (χ0) is 13.1. The minimum absolute atomic E-state index is 0.890. The summed E-state index contributed by atoms with van der Waals surface area (Å²) >= 11 is 0. The lowest BCUT2D eigenvalue weighted by molar-refractivity contribution is 0.912. The molecule has 0 aliphatic carbocycles. The molecule has 0 atom stereocenters. The normalized spacial score (nSPS) is 10.8. The summed E-state index contributed by atoms with van der Waals surface area (Å²) in [4.78, 5) is 4.60.